The summed E-state index contributed by atoms with van der Waals surface area (Å²) in [5.41, 5.74) is -0.990. The second kappa shape index (κ2) is 6.71. The van der Waals surface area contributed by atoms with Gasteiger partial charge in [0.05, 0.1) is 31.8 Å². The summed E-state index contributed by atoms with van der Waals surface area (Å²) in [5.74, 6) is 0. The molecule has 0 saturated carbocycles. The van der Waals surface area contributed by atoms with Crippen LogP contribution in [0.3, 0.4) is 0 Å². The first-order chi connectivity index (χ1) is 11.3. The summed E-state index contributed by atoms with van der Waals surface area (Å²) in [7, 11) is -7.05. The number of carbonyl (C=O) groups excluding carboxylic acids is 1. The summed E-state index contributed by atoms with van der Waals surface area (Å²) in [5, 5.41) is 0. The minimum absolute atomic E-state index is 0.0211. The SMILES string of the molecule is CP1(=O)OCC2(CO1)COP(=O)(C(=O)OCc1ccccc1)OC2. The maximum Gasteiger partial charge on any atom is 0.438 e. The lowest BCUT2D eigenvalue weighted by atomic mass is 9.93. The number of benzene rings is 1. The van der Waals surface area contributed by atoms with Gasteiger partial charge in [-0.25, -0.2) is 9.36 Å². The normalized spacial score (nSPS) is 36.4. The van der Waals surface area contributed by atoms with Gasteiger partial charge >= 0.3 is 20.9 Å². The van der Waals surface area contributed by atoms with Gasteiger partial charge < -0.3 is 13.8 Å². The minimum atomic E-state index is -4.01. The smallest absolute Gasteiger partial charge is 0.438 e. The molecule has 0 amide bonds. The number of hydrogen-bond donors (Lipinski definition) is 0. The number of hydrogen-bond acceptors (Lipinski definition) is 8. The molecule has 0 N–H and O–H groups in total. The topological polar surface area (TPSA) is 97.4 Å². The first-order valence-corrected chi connectivity index (χ1v) is 10.8. The van der Waals surface area contributed by atoms with Gasteiger partial charge in [-0.1, -0.05) is 30.3 Å². The van der Waals surface area contributed by atoms with Crippen molar-refractivity contribution in [3.63, 3.8) is 0 Å². The molecule has 0 bridgehead atoms. The Bertz CT molecular complexity index is 678. The first kappa shape index (κ1) is 17.8. The van der Waals surface area contributed by atoms with Crippen LogP contribution in [0.5, 0.6) is 0 Å². The molecule has 10 heteroatoms. The van der Waals surface area contributed by atoms with Crippen molar-refractivity contribution in [3.8, 4) is 0 Å². The quantitative estimate of drug-likeness (QED) is 0.741. The van der Waals surface area contributed by atoms with Crippen molar-refractivity contribution in [1.29, 1.82) is 0 Å². The van der Waals surface area contributed by atoms with Gasteiger partial charge in [-0.15, -0.1) is 0 Å². The average Bonchev–Trinajstić information content (AvgIpc) is 2.59. The molecule has 1 aromatic carbocycles. The van der Waals surface area contributed by atoms with Gasteiger partial charge in [-0.2, -0.15) is 0 Å². The van der Waals surface area contributed by atoms with Crippen LogP contribution in [-0.4, -0.2) is 38.8 Å². The highest BCUT2D eigenvalue weighted by Crippen LogP contribution is 2.58. The predicted molar refractivity (Wildman–Crippen MR) is 84.0 cm³/mol. The molecule has 24 heavy (non-hydrogen) atoms. The Kier molecular flexibility index (Phi) is 4.98. The van der Waals surface area contributed by atoms with E-state index in [-0.39, 0.29) is 33.0 Å². The van der Waals surface area contributed by atoms with Crippen LogP contribution in [-0.2, 0) is 38.6 Å². The van der Waals surface area contributed by atoms with E-state index in [2.05, 4.69) is 0 Å². The van der Waals surface area contributed by atoms with Crippen molar-refractivity contribution in [1.82, 2.24) is 0 Å². The fraction of sp³-hybridized carbons (Fsp3) is 0.500. The molecule has 3 rings (SSSR count). The molecule has 2 aliphatic rings. The summed E-state index contributed by atoms with van der Waals surface area (Å²) in [6, 6.07) is 9.00. The largest absolute Gasteiger partial charge is 0.452 e. The highest BCUT2D eigenvalue weighted by molar-refractivity contribution is 7.71. The van der Waals surface area contributed by atoms with Crippen molar-refractivity contribution in [2.75, 3.05) is 33.1 Å². The van der Waals surface area contributed by atoms with Gasteiger partial charge in [-0.3, -0.25) is 13.6 Å². The zero-order valence-corrected chi connectivity index (χ0v) is 14.9. The van der Waals surface area contributed by atoms with Crippen LogP contribution in [0.1, 0.15) is 5.56 Å². The van der Waals surface area contributed by atoms with Crippen LogP contribution >= 0.6 is 15.2 Å². The van der Waals surface area contributed by atoms with Gasteiger partial charge in [0.2, 0.25) is 0 Å². The number of rotatable bonds is 3. The average molecular weight is 376 g/mol. The molecule has 132 valence electrons. The Morgan fingerprint density at radius 1 is 1.04 bits per heavy atom. The van der Waals surface area contributed by atoms with Crippen molar-refractivity contribution < 1.29 is 36.8 Å². The van der Waals surface area contributed by atoms with Gasteiger partial charge in [0.1, 0.15) is 6.61 Å². The van der Waals surface area contributed by atoms with E-state index in [0.717, 1.165) is 5.56 Å². The fourth-order valence-electron chi connectivity index (χ4n) is 2.18. The van der Waals surface area contributed by atoms with Gasteiger partial charge in [0.25, 0.3) is 0 Å². The Morgan fingerprint density at radius 3 is 2.17 bits per heavy atom. The van der Waals surface area contributed by atoms with Gasteiger partial charge in [0.15, 0.2) is 0 Å². The molecule has 2 fully saturated rings. The number of carbonyl (C=O) groups is 1. The summed E-state index contributed by atoms with van der Waals surface area (Å²) in [4.78, 5) is 12.0. The minimum Gasteiger partial charge on any atom is -0.452 e. The van der Waals surface area contributed by atoms with E-state index in [1.807, 2.05) is 6.07 Å². The zero-order valence-electron chi connectivity index (χ0n) is 13.1. The number of ether oxygens (including phenoxy) is 1. The molecule has 2 saturated heterocycles. The van der Waals surface area contributed by atoms with Crippen LogP contribution in [0.25, 0.3) is 0 Å². The Morgan fingerprint density at radius 2 is 1.58 bits per heavy atom. The molecule has 0 aliphatic carbocycles. The monoisotopic (exact) mass is 376 g/mol. The van der Waals surface area contributed by atoms with E-state index in [9.17, 15) is 13.9 Å². The maximum atomic E-state index is 12.5. The molecule has 1 spiro atoms. The third-order valence-corrected chi connectivity index (χ3v) is 6.43. The molecule has 0 radical (unpaired) electrons. The lowest BCUT2D eigenvalue weighted by molar-refractivity contribution is -0.0672. The zero-order chi connectivity index (χ0) is 17.3. The first-order valence-electron chi connectivity index (χ1n) is 7.30. The fourth-order valence-corrected chi connectivity index (χ4v) is 4.67. The van der Waals surface area contributed by atoms with E-state index >= 15 is 0 Å². The molecule has 0 atom stereocenters. The van der Waals surface area contributed by atoms with Gasteiger partial charge in [0, 0.05) is 6.66 Å². The highest BCUT2D eigenvalue weighted by Gasteiger charge is 2.51. The van der Waals surface area contributed by atoms with Crippen molar-refractivity contribution in [2.24, 2.45) is 5.41 Å². The van der Waals surface area contributed by atoms with E-state index in [4.69, 9.17) is 22.8 Å². The Labute approximate surface area is 139 Å². The molecule has 8 nitrogen and oxygen atoms in total. The third kappa shape index (κ3) is 3.97. The van der Waals surface area contributed by atoms with Crippen LogP contribution in [0.4, 0.5) is 4.79 Å². The molecule has 2 heterocycles. The van der Waals surface area contributed by atoms with E-state index in [0.29, 0.717) is 0 Å². The van der Waals surface area contributed by atoms with Crippen LogP contribution < -0.4 is 0 Å². The molecule has 0 aromatic heterocycles. The van der Waals surface area contributed by atoms with E-state index in [1.165, 1.54) is 6.66 Å². The van der Waals surface area contributed by atoms with Crippen LogP contribution in [0.2, 0.25) is 0 Å². The molecular weight excluding hydrogens is 358 g/mol. The summed E-state index contributed by atoms with van der Waals surface area (Å²) in [6.07, 6.45) is 0. The van der Waals surface area contributed by atoms with E-state index in [1.54, 1.807) is 24.3 Å². The molecule has 2 aliphatic heterocycles. The summed E-state index contributed by atoms with van der Waals surface area (Å²) >= 11 is 0. The lowest BCUT2D eigenvalue weighted by Gasteiger charge is -2.41. The summed E-state index contributed by atoms with van der Waals surface area (Å²) < 4.78 is 49.8. The second-order valence-corrected chi connectivity index (χ2v) is 9.84. The van der Waals surface area contributed by atoms with Crippen LogP contribution in [0, 0.1) is 5.41 Å². The standard InChI is InChI=1S/C14H18O8P2/c1-23(16)19-8-14(9-20-23)10-21-24(17,22-11-14)13(15)18-7-12-5-3-2-4-6-12/h2-6H,7-11H2,1H3. The summed E-state index contributed by atoms with van der Waals surface area (Å²) in [6.45, 7) is 1.39. The maximum absolute atomic E-state index is 12.5. The van der Waals surface area contributed by atoms with Crippen LogP contribution in [0.15, 0.2) is 30.3 Å². The lowest BCUT2D eigenvalue weighted by Crippen LogP contribution is -2.46. The van der Waals surface area contributed by atoms with E-state index < -0.39 is 26.3 Å². The third-order valence-electron chi connectivity index (χ3n) is 3.72. The van der Waals surface area contributed by atoms with Gasteiger partial charge in [-0.05, 0) is 5.56 Å². The highest BCUT2D eigenvalue weighted by atomic mass is 31.2. The van der Waals surface area contributed by atoms with Crippen molar-refractivity contribution in [3.05, 3.63) is 35.9 Å². The predicted octanol–water partition coefficient (Wildman–Crippen LogP) is 3.42. The molecular formula is C14H18O8P2. The molecule has 0 unspecified atom stereocenters. The van der Waals surface area contributed by atoms with Crippen molar-refractivity contribution >= 4 is 20.9 Å². The Hall–Kier alpha value is -1.01. The molecule has 1 aromatic rings. The Balaban J connectivity index is 1.55. The van der Waals surface area contributed by atoms with Crippen molar-refractivity contribution in [2.45, 2.75) is 6.61 Å². The second-order valence-electron chi connectivity index (χ2n) is 5.90.